The van der Waals surface area contributed by atoms with Crippen LogP contribution in [-0.4, -0.2) is 79.6 Å². The molecular formula is C38H40F3N5O4. The van der Waals surface area contributed by atoms with E-state index in [1.54, 1.807) is 26.8 Å². The van der Waals surface area contributed by atoms with Gasteiger partial charge < -0.3 is 28.8 Å². The smallest absolute Gasteiger partial charge is 0.410 e. The monoisotopic (exact) mass is 687 g/mol. The van der Waals surface area contributed by atoms with Gasteiger partial charge in [-0.1, -0.05) is 48.5 Å². The normalized spacial score (nSPS) is 21.0. The second-order valence-electron chi connectivity index (χ2n) is 14.2. The molecule has 2 aromatic heterocycles. The SMILES string of the molecule is CC(C)(C)OC(=O)N1C[C@@H](F)C[C@H]1Cn1c(-c2[nH]c3ccccc3c2C[C@@H]2C[C@H](F)CN2C(=O)OCc2ccccc2)nc2cc(F)ccc21. The van der Waals surface area contributed by atoms with Gasteiger partial charge in [0.15, 0.2) is 5.82 Å². The number of rotatable bonds is 7. The van der Waals surface area contributed by atoms with Crippen LogP contribution in [-0.2, 0) is 29.0 Å². The average molecular weight is 688 g/mol. The van der Waals surface area contributed by atoms with Gasteiger partial charge >= 0.3 is 12.2 Å². The molecule has 2 saturated heterocycles. The van der Waals surface area contributed by atoms with Crippen LogP contribution >= 0.6 is 0 Å². The third-order valence-electron chi connectivity index (χ3n) is 9.38. The Bertz CT molecular complexity index is 2020. The summed E-state index contributed by atoms with van der Waals surface area (Å²) in [6.45, 7) is 5.33. The minimum Gasteiger partial charge on any atom is -0.445 e. The topological polar surface area (TPSA) is 92.7 Å². The predicted octanol–water partition coefficient (Wildman–Crippen LogP) is 7.96. The number of likely N-dealkylation sites (tertiary alicyclic amines) is 2. The number of amides is 2. The maximum atomic E-state index is 15.0. The molecule has 12 heteroatoms. The molecule has 0 radical (unpaired) electrons. The number of halogens is 3. The quantitative estimate of drug-likeness (QED) is 0.188. The van der Waals surface area contributed by atoms with Gasteiger partial charge in [-0.3, -0.25) is 0 Å². The van der Waals surface area contributed by atoms with Crippen molar-refractivity contribution >= 4 is 34.1 Å². The lowest BCUT2D eigenvalue weighted by Gasteiger charge is -2.29. The zero-order chi connectivity index (χ0) is 35.2. The zero-order valence-corrected chi connectivity index (χ0v) is 28.2. The van der Waals surface area contributed by atoms with Crippen LogP contribution in [0.25, 0.3) is 33.5 Å². The number of H-pyrrole nitrogens is 1. The third kappa shape index (κ3) is 6.88. The van der Waals surface area contributed by atoms with Crippen LogP contribution in [0, 0.1) is 5.82 Å². The van der Waals surface area contributed by atoms with Crippen molar-refractivity contribution in [3.8, 4) is 11.5 Å². The maximum Gasteiger partial charge on any atom is 0.410 e. The Kier molecular flexibility index (Phi) is 8.96. The molecule has 4 atom stereocenters. The number of carbonyl (C=O) groups excluding carboxylic acids is 2. The highest BCUT2D eigenvalue weighted by Crippen LogP contribution is 2.37. The molecule has 0 bridgehead atoms. The van der Waals surface area contributed by atoms with Crippen LogP contribution in [0.4, 0.5) is 22.8 Å². The molecule has 2 amide bonds. The van der Waals surface area contributed by atoms with Crippen molar-refractivity contribution in [2.24, 2.45) is 0 Å². The molecule has 0 saturated carbocycles. The lowest BCUT2D eigenvalue weighted by atomic mass is 10.00. The van der Waals surface area contributed by atoms with E-state index in [2.05, 4.69) is 4.98 Å². The maximum absolute atomic E-state index is 15.0. The van der Waals surface area contributed by atoms with Gasteiger partial charge in [0.25, 0.3) is 0 Å². The van der Waals surface area contributed by atoms with Crippen LogP contribution in [0.5, 0.6) is 0 Å². The van der Waals surface area contributed by atoms with Gasteiger partial charge in [0.2, 0.25) is 0 Å². The number of para-hydroxylation sites is 1. The summed E-state index contributed by atoms with van der Waals surface area (Å²) in [5.41, 5.74) is 3.27. The van der Waals surface area contributed by atoms with Gasteiger partial charge in [-0.05, 0) is 56.5 Å². The summed E-state index contributed by atoms with van der Waals surface area (Å²) in [5, 5.41) is 0.868. The van der Waals surface area contributed by atoms with Crippen LogP contribution in [0.3, 0.4) is 0 Å². The standard InChI is InChI=1S/C38H40F3N5O4/c1-38(2,3)50-37(48)45-20-26(41)16-28(45)21-46-33-14-13-24(39)17-32(33)43-35(46)34-30(29-11-7-8-12-31(29)42-34)18-27-15-25(40)19-44(27)36(47)49-22-23-9-5-4-6-10-23/h4-14,17,25-28,42H,15-16,18-22H2,1-3H3/t25-,26-,27-,28-/m0/s1. The Morgan fingerprint density at radius 3 is 2.32 bits per heavy atom. The largest absolute Gasteiger partial charge is 0.445 e. The van der Waals surface area contributed by atoms with Crippen molar-refractivity contribution in [1.82, 2.24) is 24.3 Å². The Hall–Kier alpha value is -5.00. The van der Waals surface area contributed by atoms with Crippen molar-refractivity contribution in [1.29, 1.82) is 0 Å². The highest BCUT2D eigenvalue weighted by molar-refractivity contribution is 5.91. The average Bonchev–Trinajstić information content (AvgIpc) is 3.83. The summed E-state index contributed by atoms with van der Waals surface area (Å²) in [6.07, 6.45) is -3.14. The number of nitrogens with one attached hydrogen (secondary N) is 1. The third-order valence-corrected chi connectivity index (χ3v) is 9.38. The van der Waals surface area contributed by atoms with Crippen molar-refractivity contribution in [2.75, 3.05) is 13.1 Å². The second kappa shape index (κ2) is 13.4. The second-order valence-corrected chi connectivity index (χ2v) is 14.2. The number of carbonyl (C=O) groups is 2. The first-order valence-corrected chi connectivity index (χ1v) is 16.9. The number of ether oxygens (including phenoxy) is 2. The van der Waals surface area contributed by atoms with Crippen molar-refractivity contribution in [2.45, 2.75) is 83.2 Å². The van der Waals surface area contributed by atoms with Gasteiger partial charge in [0, 0.05) is 42.4 Å². The van der Waals surface area contributed by atoms with Crippen LogP contribution in [0.2, 0.25) is 0 Å². The number of aromatic nitrogens is 3. The molecule has 0 spiro atoms. The van der Waals surface area contributed by atoms with Crippen LogP contribution in [0.1, 0.15) is 44.7 Å². The summed E-state index contributed by atoms with van der Waals surface area (Å²) >= 11 is 0. The molecule has 2 aliphatic rings. The van der Waals surface area contributed by atoms with Gasteiger partial charge in [-0.25, -0.2) is 27.7 Å². The highest BCUT2D eigenvalue weighted by atomic mass is 19.1. The molecule has 5 aromatic rings. The first-order chi connectivity index (χ1) is 23.9. The number of aromatic amines is 1. The molecule has 262 valence electrons. The first kappa shape index (κ1) is 33.5. The summed E-state index contributed by atoms with van der Waals surface area (Å²) in [4.78, 5) is 37.8. The van der Waals surface area contributed by atoms with Gasteiger partial charge in [0.1, 0.15) is 30.4 Å². The first-order valence-electron chi connectivity index (χ1n) is 16.9. The van der Waals surface area contributed by atoms with E-state index in [0.29, 0.717) is 22.6 Å². The van der Waals surface area contributed by atoms with E-state index < -0.39 is 48.0 Å². The van der Waals surface area contributed by atoms with E-state index in [4.69, 9.17) is 14.5 Å². The molecule has 1 N–H and O–H groups in total. The fraction of sp³-hybridized carbons (Fsp3) is 0.395. The molecule has 2 aliphatic heterocycles. The number of benzene rings is 3. The van der Waals surface area contributed by atoms with E-state index in [0.717, 1.165) is 22.0 Å². The molecule has 0 unspecified atom stereocenters. The minimum absolute atomic E-state index is 0.0694. The number of imidazole rings is 1. The highest BCUT2D eigenvalue weighted by Gasteiger charge is 2.40. The van der Waals surface area contributed by atoms with E-state index in [9.17, 15) is 18.4 Å². The molecule has 0 aliphatic carbocycles. The predicted molar refractivity (Wildman–Crippen MR) is 184 cm³/mol. The van der Waals surface area contributed by atoms with E-state index in [1.165, 1.54) is 21.9 Å². The van der Waals surface area contributed by atoms with E-state index >= 15 is 4.39 Å². The van der Waals surface area contributed by atoms with Crippen molar-refractivity contribution in [3.05, 3.63) is 89.7 Å². The summed E-state index contributed by atoms with van der Waals surface area (Å²) in [7, 11) is 0. The van der Waals surface area contributed by atoms with Gasteiger partial charge in [-0.15, -0.1) is 0 Å². The van der Waals surface area contributed by atoms with E-state index in [1.807, 2.05) is 59.2 Å². The lowest BCUT2D eigenvalue weighted by Crippen LogP contribution is -2.41. The van der Waals surface area contributed by atoms with Gasteiger partial charge in [-0.2, -0.15) is 0 Å². The Labute approximate surface area is 288 Å². The number of hydrogen-bond acceptors (Lipinski definition) is 5. The molecular weight excluding hydrogens is 647 g/mol. The van der Waals surface area contributed by atoms with E-state index in [-0.39, 0.29) is 45.5 Å². The Balaban J connectivity index is 1.26. The van der Waals surface area contributed by atoms with Gasteiger partial charge in [0.05, 0.1) is 35.9 Å². The van der Waals surface area contributed by atoms with Crippen molar-refractivity contribution < 1.29 is 32.2 Å². The molecule has 4 heterocycles. The molecule has 3 aromatic carbocycles. The number of fused-ring (bicyclic) bond motifs is 2. The van der Waals surface area contributed by atoms with Crippen LogP contribution < -0.4 is 0 Å². The summed E-state index contributed by atoms with van der Waals surface area (Å²) in [6, 6.07) is 20.2. The lowest BCUT2D eigenvalue weighted by molar-refractivity contribution is 0.0207. The van der Waals surface area contributed by atoms with Crippen molar-refractivity contribution in [3.63, 3.8) is 0 Å². The fourth-order valence-corrected chi connectivity index (χ4v) is 7.18. The minimum atomic E-state index is -1.24. The fourth-order valence-electron chi connectivity index (χ4n) is 7.18. The Morgan fingerprint density at radius 1 is 0.900 bits per heavy atom. The Morgan fingerprint density at radius 2 is 1.58 bits per heavy atom. The number of alkyl halides is 2. The molecule has 2 fully saturated rings. The summed E-state index contributed by atoms with van der Waals surface area (Å²) < 4.78 is 57.6. The zero-order valence-electron chi connectivity index (χ0n) is 28.2. The summed E-state index contributed by atoms with van der Waals surface area (Å²) in [5.74, 6) is -0.00788. The molecule has 50 heavy (non-hydrogen) atoms. The molecule has 9 nitrogen and oxygen atoms in total. The number of nitrogens with zero attached hydrogens (tertiary/aromatic N) is 4. The molecule has 7 rings (SSSR count). The number of hydrogen-bond donors (Lipinski definition) is 1. The van der Waals surface area contributed by atoms with Crippen LogP contribution in [0.15, 0.2) is 72.8 Å².